The summed E-state index contributed by atoms with van der Waals surface area (Å²) in [6.45, 7) is 6.23. The Balaban J connectivity index is 1.70. The molecule has 2 aromatic rings. The molecule has 196 valence electrons. The van der Waals surface area contributed by atoms with Gasteiger partial charge >= 0.3 is 0 Å². The predicted molar refractivity (Wildman–Crippen MR) is 144 cm³/mol. The highest BCUT2D eigenvalue weighted by Crippen LogP contribution is 2.21. The molecular formula is C28H39N3O4S. The second-order valence-electron chi connectivity index (χ2n) is 9.95. The van der Waals surface area contributed by atoms with Gasteiger partial charge in [0.15, 0.2) is 0 Å². The number of carbonyl (C=O) groups excluding carboxylic acids is 2. The van der Waals surface area contributed by atoms with Gasteiger partial charge in [0.1, 0.15) is 6.04 Å². The minimum atomic E-state index is -3.50. The molecule has 1 aliphatic rings. The standard InChI is InChI=1S/C28H39N3O4S/c1-21-11-15-24(16-12-21)20-30(23(3)28(33)29-25-8-5-6-9-25)27(32)10-7-19-31(36(4,34)35)26-17-13-22(2)14-18-26/h11-18,23,25H,5-10,19-20H2,1-4H3,(H,29,33)/t23-/m0/s1. The van der Waals surface area contributed by atoms with Gasteiger partial charge in [0.25, 0.3) is 0 Å². The molecule has 1 aliphatic carbocycles. The number of rotatable bonds is 11. The lowest BCUT2D eigenvalue weighted by Crippen LogP contribution is -2.49. The summed E-state index contributed by atoms with van der Waals surface area (Å²) in [4.78, 5) is 28.0. The molecule has 0 unspecified atom stereocenters. The molecule has 1 fully saturated rings. The normalized spacial score (nSPS) is 14.9. The van der Waals surface area contributed by atoms with Crippen molar-refractivity contribution >= 4 is 27.5 Å². The highest BCUT2D eigenvalue weighted by atomic mass is 32.2. The van der Waals surface area contributed by atoms with Crippen LogP contribution in [0.25, 0.3) is 0 Å². The molecule has 2 aromatic carbocycles. The lowest BCUT2D eigenvalue weighted by atomic mass is 10.1. The van der Waals surface area contributed by atoms with E-state index in [1.165, 1.54) is 10.6 Å². The average molecular weight is 514 g/mol. The van der Waals surface area contributed by atoms with Crippen LogP contribution >= 0.6 is 0 Å². The molecule has 8 heteroatoms. The third-order valence-electron chi connectivity index (χ3n) is 6.82. The molecule has 1 saturated carbocycles. The molecule has 1 N–H and O–H groups in total. The van der Waals surface area contributed by atoms with E-state index in [2.05, 4.69) is 5.32 Å². The van der Waals surface area contributed by atoms with Crippen LogP contribution in [0.1, 0.15) is 62.1 Å². The fourth-order valence-electron chi connectivity index (χ4n) is 4.58. The second-order valence-corrected chi connectivity index (χ2v) is 11.9. The quantitative estimate of drug-likeness (QED) is 0.485. The number of carbonyl (C=O) groups is 2. The van der Waals surface area contributed by atoms with Crippen LogP contribution in [-0.4, -0.2) is 50.0 Å². The topological polar surface area (TPSA) is 86.8 Å². The van der Waals surface area contributed by atoms with E-state index in [0.29, 0.717) is 18.7 Å². The minimum Gasteiger partial charge on any atom is -0.352 e. The first-order chi connectivity index (χ1) is 17.0. The van der Waals surface area contributed by atoms with E-state index in [9.17, 15) is 18.0 Å². The molecule has 0 spiro atoms. The van der Waals surface area contributed by atoms with E-state index in [0.717, 1.165) is 42.4 Å². The summed E-state index contributed by atoms with van der Waals surface area (Å²) < 4.78 is 26.2. The van der Waals surface area contributed by atoms with Crippen molar-refractivity contribution in [3.63, 3.8) is 0 Å². The van der Waals surface area contributed by atoms with E-state index < -0.39 is 16.1 Å². The smallest absolute Gasteiger partial charge is 0.242 e. The summed E-state index contributed by atoms with van der Waals surface area (Å²) in [5, 5.41) is 3.11. The molecule has 0 bridgehead atoms. The van der Waals surface area contributed by atoms with Gasteiger partial charge in [-0.05, 0) is 57.7 Å². The maximum atomic E-state index is 13.4. The van der Waals surface area contributed by atoms with Gasteiger partial charge in [0.2, 0.25) is 21.8 Å². The number of nitrogens with zero attached hydrogens (tertiary/aromatic N) is 2. The maximum absolute atomic E-state index is 13.4. The highest BCUT2D eigenvalue weighted by Gasteiger charge is 2.28. The Labute approximate surface area is 215 Å². The molecule has 2 amide bonds. The average Bonchev–Trinajstić information content (AvgIpc) is 3.34. The van der Waals surface area contributed by atoms with Crippen LogP contribution in [0.5, 0.6) is 0 Å². The molecule has 0 aliphatic heterocycles. The molecule has 36 heavy (non-hydrogen) atoms. The molecule has 0 saturated heterocycles. The van der Waals surface area contributed by atoms with Crippen molar-refractivity contribution in [1.29, 1.82) is 0 Å². The van der Waals surface area contributed by atoms with Crippen molar-refractivity contribution < 1.29 is 18.0 Å². The Hall–Kier alpha value is -2.87. The Morgan fingerprint density at radius 2 is 1.53 bits per heavy atom. The van der Waals surface area contributed by atoms with Crippen molar-refractivity contribution in [2.75, 3.05) is 17.1 Å². The predicted octanol–water partition coefficient (Wildman–Crippen LogP) is 4.33. The molecule has 0 aromatic heterocycles. The minimum absolute atomic E-state index is 0.139. The van der Waals surface area contributed by atoms with Crippen LogP contribution in [0.15, 0.2) is 48.5 Å². The first-order valence-electron chi connectivity index (χ1n) is 12.7. The molecule has 0 radical (unpaired) electrons. The van der Waals surface area contributed by atoms with E-state index in [1.54, 1.807) is 24.0 Å². The van der Waals surface area contributed by atoms with E-state index in [-0.39, 0.29) is 30.8 Å². The van der Waals surface area contributed by atoms with Crippen LogP contribution in [-0.2, 0) is 26.2 Å². The lowest BCUT2D eigenvalue weighted by molar-refractivity contribution is -0.141. The molecule has 7 nitrogen and oxygen atoms in total. The lowest BCUT2D eigenvalue weighted by Gasteiger charge is -2.30. The fraction of sp³-hybridized carbons (Fsp3) is 0.500. The summed E-state index contributed by atoms with van der Waals surface area (Å²) in [5.74, 6) is -0.304. The van der Waals surface area contributed by atoms with E-state index in [4.69, 9.17) is 0 Å². The molecular weight excluding hydrogens is 474 g/mol. The number of nitrogens with one attached hydrogen (secondary N) is 1. The van der Waals surface area contributed by atoms with Crippen LogP contribution < -0.4 is 9.62 Å². The van der Waals surface area contributed by atoms with Crippen LogP contribution in [0.2, 0.25) is 0 Å². The first kappa shape index (κ1) is 27.7. The Bertz CT molecular complexity index is 1120. The molecule has 1 atom stereocenters. The Kier molecular flexibility index (Phi) is 9.54. The van der Waals surface area contributed by atoms with E-state index in [1.807, 2.05) is 50.2 Å². The highest BCUT2D eigenvalue weighted by molar-refractivity contribution is 7.92. The van der Waals surface area contributed by atoms with Crippen LogP contribution in [0.3, 0.4) is 0 Å². The van der Waals surface area contributed by atoms with Crippen molar-refractivity contribution in [2.24, 2.45) is 0 Å². The van der Waals surface area contributed by atoms with Crippen molar-refractivity contribution in [3.05, 3.63) is 65.2 Å². The molecule has 0 heterocycles. The van der Waals surface area contributed by atoms with Crippen molar-refractivity contribution in [1.82, 2.24) is 10.2 Å². The third-order valence-corrected chi connectivity index (χ3v) is 8.01. The van der Waals surface area contributed by atoms with Gasteiger partial charge in [-0.15, -0.1) is 0 Å². The van der Waals surface area contributed by atoms with E-state index >= 15 is 0 Å². The second kappa shape index (κ2) is 12.4. The SMILES string of the molecule is Cc1ccc(CN(C(=O)CCCN(c2ccc(C)cc2)S(C)(=O)=O)[C@@H](C)C(=O)NC2CCCC2)cc1. The zero-order valence-corrected chi connectivity index (χ0v) is 22.7. The zero-order chi connectivity index (χ0) is 26.3. The number of aryl methyl sites for hydroxylation is 2. The van der Waals surface area contributed by atoms with Gasteiger partial charge in [-0.25, -0.2) is 8.42 Å². The fourth-order valence-corrected chi connectivity index (χ4v) is 5.55. The van der Waals surface area contributed by atoms with Crippen molar-refractivity contribution in [2.45, 2.75) is 77.9 Å². The number of anilines is 1. The monoisotopic (exact) mass is 513 g/mol. The van der Waals surface area contributed by atoms with Gasteiger partial charge in [0.05, 0.1) is 11.9 Å². The van der Waals surface area contributed by atoms with Gasteiger partial charge in [0, 0.05) is 25.6 Å². The van der Waals surface area contributed by atoms with Crippen LogP contribution in [0, 0.1) is 13.8 Å². The summed E-state index contributed by atoms with van der Waals surface area (Å²) in [6.07, 6.45) is 5.85. The largest absolute Gasteiger partial charge is 0.352 e. The summed E-state index contributed by atoms with van der Waals surface area (Å²) >= 11 is 0. The number of amides is 2. The van der Waals surface area contributed by atoms with Gasteiger partial charge in [-0.1, -0.05) is 60.4 Å². The van der Waals surface area contributed by atoms with Gasteiger partial charge in [-0.3, -0.25) is 13.9 Å². The third kappa shape index (κ3) is 7.82. The maximum Gasteiger partial charge on any atom is 0.242 e. The number of sulfonamides is 1. The number of hydrogen-bond donors (Lipinski definition) is 1. The van der Waals surface area contributed by atoms with Gasteiger partial charge in [-0.2, -0.15) is 0 Å². The summed E-state index contributed by atoms with van der Waals surface area (Å²) in [6, 6.07) is 14.8. The molecule has 3 rings (SSSR count). The van der Waals surface area contributed by atoms with Crippen LogP contribution in [0.4, 0.5) is 5.69 Å². The first-order valence-corrected chi connectivity index (χ1v) is 14.6. The Morgan fingerprint density at radius 1 is 0.972 bits per heavy atom. The summed E-state index contributed by atoms with van der Waals surface area (Å²) in [5.41, 5.74) is 3.70. The zero-order valence-electron chi connectivity index (χ0n) is 21.9. The summed E-state index contributed by atoms with van der Waals surface area (Å²) in [7, 11) is -3.50. The Morgan fingerprint density at radius 3 is 2.08 bits per heavy atom. The van der Waals surface area contributed by atoms with Gasteiger partial charge < -0.3 is 10.2 Å². The number of hydrogen-bond acceptors (Lipinski definition) is 4. The van der Waals surface area contributed by atoms with Crippen molar-refractivity contribution in [3.8, 4) is 0 Å². The number of benzene rings is 2.